The van der Waals surface area contributed by atoms with E-state index in [-0.39, 0.29) is 51.0 Å². The zero-order valence-electron chi connectivity index (χ0n) is 26.7. The topological polar surface area (TPSA) is 83.8 Å². The van der Waals surface area contributed by atoms with E-state index in [9.17, 15) is 19.8 Å². The summed E-state index contributed by atoms with van der Waals surface area (Å²) >= 11 is 0. The van der Waals surface area contributed by atoms with Gasteiger partial charge in [0.2, 0.25) is 0 Å². The first kappa shape index (κ1) is 30.3. The number of hydrogen-bond donors (Lipinski definition) is 2. The lowest BCUT2D eigenvalue weighted by atomic mass is 9.33. The number of aldehydes is 1. The fourth-order valence-electron chi connectivity index (χ4n) is 11.3. The van der Waals surface area contributed by atoms with Gasteiger partial charge < -0.3 is 19.7 Å². The van der Waals surface area contributed by atoms with Gasteiger partial charge in [-0.15, -0.1) is 0 Å². The molecule has 4 fully saturated rings. The molecule has 5 heteroatoms. The van der Waals surface area contributed by atoms with Crippen LogP contribution in [0.15, 0.2) is 11.6 Å². The van der Waals surface area contributed by atoms with Crippen LogP contribution in [0.25, 0.3) is 0 Å². The molecule has 0 heterocycles. The molecule has 2 unspecified atom stereocenters. The molecule has 40 heavy (non-hydrogen) atoms. The maximum Gasteiger partial charge on any atom is 0.308 e. The van der Waals surface area contributed by atoms with Crippen molar-refractivity contribution in [2.75, 3.05) is 0 Å². The van der Waals surface area contributed by atoms with E-state index in [1.807, 2.05) is 13.8 Å². The summed E-state index contributed by atoms with van der Waals surface area (Å²) in [5, 5.41) is 23.1. The van der Waals surface area contributed by atoms with Crippen LogP contribution in [0.4, 0.5) is 0 Å². The molecule has 0 saturated heterocycles. The average molecular weight is 557 g/mol. The van der Waals surface area contributed by atoms with E-state index in [2.05, 4.69) is 54.5 Å². The van der Waals surface area contributed by atoms with Crippen molar-refractivity contribution in [3.05, 3.63) is 11.6 Å². The average Bonchev–Trinajstić information content (AvgIpc) is 2.86. The maximum atomic E-state index is 13.2. The van der Waals surface area contributed by atoms with Crippen molar-refractivity contribution < 1.29 is 24.5 Å². The zero-order chi connectivity index (χ0) is 29.7. The number of rotatable bonds is 4. The van der Waals surface area contributed by atoms with E-state index in [1.54, 1.807) is 0 Å². The molecule has 226 valence electrons. The highest BCUT2D eigenvalue weighted by Crippen LogP contribution is 2.75. The van der Waals surface area contributed by atoms with E-state index in [0.29, 0.717) is 31.1 Å². The lowest BCUT2D eigenvalue weighted by molar-refractivity contribution is -0.227. The van der Waals surface area contributed by atoms with Gasteiger partial charge >= 0.3 is 5.97 Å². The molecule has 4 saturated carbocycles. The first-order valence-electron chi connectivity index (χ1n) is 16.2. The molecule has 0 aromatic heterocycles. The van der Waals surface area contributed by atoms with Crippen LogP contribution in [0.5, 0.6) is 0 Å². The van der Waals surface area contributed by atoms with Gasteiger partial charge in [0.05, 0.1) is 23.5 Å². The van der Waals surface area contributed by atoms with E-state index < -0.39 is 17.6 Å². The standard InChI is InChI=1S/C35H56O5/c1-10-21(2)29(39)40-28-19-30(3,4)17-23-22-11-12-25-32(7)15-14-26(37)31(5,6)24(32)13-16-33(25,8)34(22,9)18-27(38)35(23,28)20-36/h11,20-21,23-28,37-38H,10,12-19H2,1-9H3/t21?,23-,24?,25+,26-,27+,28-,32-,33+,34+,35-/m0/s1. The molecule has 0 amide bonds. The number of carbonyl (C=O) groups is 2. The third kappa shape index (κ3) is 3.84. The summed E-state index contributed by atoms with van der Waals surface area (Å²) in [5.74, 6) is 0.265. The van der Waals surface area contributed by atoms with Gasteiger partial charge in [0.1, 0.15) is 12.4 Å². The van der Waals surface area contributed by atoms with Gasteiger partial charge in [-0.05, 0) is 103 Å². The van der Waals surface area contributed by atoms with Crippen LogP contribution >= 0.6 is 0 Å². The number of aliphatic hydroxyl groups excluding tert-OH is 2. The van der Waals surface area contributed by atoms with Crippen molar-refractivity contribution in [1.82, 2.24) is 0 Å². The Kier molecular flexibility index (Phi) is 7.11. The number of allylic oxidation sites excluding steroid dienone is 2. The molecule has 0 aromatic rings. The summed E-state index contributed by atoms with van der Waals surface area (Å²) in [5.41, 5.74) is -0.172. The number of esters is 1. The highest BCUT2D eigenvalue weighted by Gasteiger charge is 2.71. The summed E-state index contributed by atoms with van der Waals surface area (Å²) in [7, 11) is 0. The van der Waals surface area contributed by atoms with Crippen LogP contribution in [0.2, 0.25) is 0 Å². The Balaban J connectivity index is 1.60. The van der Waals surface area contributed by atoms with Gasteiger partial charge in [-0.1, -0.05) is 74.0 Å². The Labute approximate surface area is 242 Å². The van der Waals surface area contributed by atoms with Crippen LogP contribution in [-0.2, 0) is 14.3 Å². The van der Waals surface area contributed by atoms with Crippen LogP contribution < -0.4 is 0 Å². The van der Waals surface area contributed by atoms with Gasteiger partial charge in [-0.25, -0.2) is 0 Å². The van der Waals surface area contributed by atoms with Crippen LogP contribution in [-0.4, -0.2) is 40.8 Å². The summed E-state index contributed by atoms with van der Waals surface area (Å²) < 4.78 is 6.20. The summed E-state index contributed by atoms with van der Waals surface area (Å²) in [6.45, 7) is 20.2. The quantitative estimate of drug-likeness (QED) is 0.224. The molecule has 5 nitrogen and oxygen atoms in total. The van der Waals surface area contributed by atoms with Gasteiger partial charge in [0.15, 0.2) is 0 Å². The fraction of sp³-hybridized carbons (Fsp3) is 0.886. The van der Waals surface area contributed by atoms with Crippen molar-refractivity contribution >= 4 is 12.3 Å². The monoisotopic (exact) mass is 556 g/mol. The second-order valence-corrected chi connectivity index (χ2v) is 16.9. The molecular weight excluding hydrogens is 500 g/mol. The summed E-state index contributed by atoms with van der Waals surface area (Å²) in [6, 6.07) is 0. The van der Waals surface area contributed by atoms with Crippen molar-refractivity contribution in [2.24, 2.45) is 56.2 Å². The lowest BCUT2D eigenvalue weighted by Crippen LogP contribution is -2.69. The molecular formula is C35H56O5. The van der Waals surface area contributed by atoms with Crippen molar-refractivity contribution in [3.63, 3.8) is 0 Å². The second kappa shape index (κ2) is 9.40. The largest absolute Gasteiger partial charge is 0.461 e. The lowest BCUT2D eigenvalue weighted by Gasteiger charge is -2.72. The third-order valence-electron chi connectivity index (χ3n) is 14.2. The molecule has 0 radical (unpaired) electrons. The van der Waals surface area contributed by atoms with E-state index in [1.165, 1.54) is 5.57 Å². The predicted molar refractivity (Wildman–Crippen MR) is 157 cm³/mol. The highest BCUT2D eigenvalue weighted by atomic mass is 16.5. The second-order valence-electron chi connectivity index (χ2n) is 16.9. The Hall–Kier alpha value is -1.20. The normalized spacial score (nSPS) is 49.7. The maximum absolute atomic E-state index is 13.2. The fourth-order valence-corrected chi connectivity index (χ4v) is 11.3. The number of hydrogen-bond acceptors (Lipinski definition) is 5. The minimum Gasteiger partial charge on any atom is -0.461 e. The Morgan fingerprint density at radius 2 is 1.68 bits per heavy atom. The van der Waals surface area contributed by atoms with Gasteiger partial charge in [0, 0.05) is 0 Å². The van der Waals surface area contributed by atoms with E-state index in [4.69, 9.17) is 4.74 Å². The molecule has 5 rings (SSSR count). The first-order valence-corrected chi connectivity index (χ1v) is 16.2. The molecule has 0 bridgehead atoms. The highest BCUT2D eigenvalue weighted by molar-refractivity contribution is 5.73. The smallest absolute Gasteiger partial charge is 0.308 e. The summed E-state index contributed by atoms with van der Waals surface area (Å²) in [4.78, 5) is 26.3. The van der Waals surface area contributed by atoms with Crippen molar-refractivity contribution in [3.8, 4) is 0 Å². The number of fused-ring (bicyclic) bond motifs is 7. The van der Waals surface area contributed by atoms with Crippen molar-refractivity contribution in [1.29, 1.82) is 0 Å². The van der Waals surface area contributed by atoms with Crippen LogP contribution in [0, 0.1) is 56.2 Å². The molecule has 5 aliphatic carbocycles. The Morgan fingerprint density at radius 1 is 1.00 bits per heavy atom. The van der Waals surface area contributed by atoms with Crippen molar-refractivity contribution in [2.45, 2.75) is 138 Å². The van der Waals surface area contributed by atoms with Crippen LogP contribution in [0.1, 0.15) is 120 Å². The molecule has 5 aliphatic rings. The molecule has 2 N–H and O–H groups in total. The molecule has 0 aromatic carbocycles. The van der Waals surface area contributed by atoms with Gasteiger partial charge in [-0.3, -0.25) is 4.79 Å². The minimum absolute atomic E-state index is 0.0266. The minimum atomic E-state index is -1.11. The predicted octanol–water partition coefficient (Wildman–Crippen LogP) is 6.89. The molecule has 11 atom stereocenters. The molecule has 0 spiro atoms. The van der Waals surface area contributed by atoms with Gasteiger partial charge in [-0.2, -0.15) is 0 Å². The first-order chi connectivity index (χ1) is 18.4. The van der Waals surface area contributed by atoms with Crippen LogP contribution in [0.3, 0.4) is 0 Å². The van der Waals surface area contributed by atoms with E-state index in [0.717, 1.165) is 44.8 Å². The third-order valence-corrected chi connectivity index (χ3v) is 14.2. The number of aliphatic hydroxyl groups is 2. The number of ether oxygens (including phenoxy) is 1. The Bertz CT molecular complexity index is 1080. The Morgan fingerprint density at radius 3 is 2.30 bits per heavy atom. The molecule has 0 aliphatic heterocycles. The summed E-state index contributed by atoms with van der Waals surface area (Å²) in [6.07, 6.45) is 9.27. The SMILES string of the molecule is CCC(C)C(=O)O[C@H]1CC(C)(C)C[C@H]2C3=CC[C@@H]4[C@@]5(C)CC[C@H](O)C(C)(C)C5CC[C@@]4(C)[C@]3(C)C[C@@H](O)[C@@]12C=O. The van der Waals surface area contributed by atoms with Gasteiger partial charge in [0.25, 0.3) is 0 Å². The zero-order valence-corrected chi connectivity index (χ0v) is 26.7. The van der Waals surface area contributed by atoms with E-state index >= 15 is 0 Å². The number of carbonyl (C=O) groups excluding carboxylic acids is 2.